The molecule has 3 N–H and O–H groups in total. The first kappa shape index (κ1) is 19.0. The van der Waals surface area contributed by atoms with Crippen molar-refractivity contribution < 1.29 is 26.5 Å². The van der Waals surface area contributed by atoms with E-state index < -0.39 is 33.2 Å². The van der Waals surface area contributed by atoms with E-state index in [-0.39, 0.29) is 16.3 Å². The summed E-state index contributed by atoms with van der Waals surface area (Å²) in [5.74, 6) is -2.35. The van der Waals surface area contributed by atoms with E-state index in [0.29, 0.717) is 0 Å². The summed E-state index contributed by atoms with van der Waals surface area (Å²) in [6, 6.07) is 8.77. The molecule has 134 valence electrons. The molecule has 2 rings (SSSR count). The molecular formula is C16H11F2N3O4S. The third kappa shape index (κ3) is 4.85. The molecule has 0 aliphatic rings. The molecule has 26 heavy (non-hydrogen) atoms. The van der Waals surface area contributed by atoms with Crippen LogP contribution < -0.4 is 10.6 Å². The summed E-state index contributed by atoms with van der Waals surface area (Å²) in [4.78, 5) is 11.7. The molecular weight excluding hydrogens is 368 g/mol. The minimum atomic E-state index is -4.37. The first-order chi connectivity index (χ1) is 12.2. The Morgan fingerprint density at radius 3 is 2.38 bits per heavy atom. The molecule has 0 fully saturated rings. The largest absolute Gasteiger partial charge is 0.358 e. The van der Waals surface area contributed by atoms with Gasteiger partial charge in [-0.3, -0.25) is 9.35 Å². The van der Waals surface area contributed by atoms with Crippen LogP contribution in [0.4, 0.5) is 20.2 Å². The van der Waals surface area contributed by atoms with Crippen LogP contribution in [0.1, 0.15) is 0 Å². The van der Waals surface area contributed by atoms with Gasteiger partial charge in [0.05, 0.1) is 10.6 Å². The van der Waals surface area contributed by atoms with Gasteiger partial charge in [0.15, 0.2) is 0 Å². The lowest BCUT2D eigenvalue weighted by Gasteiger charge is -2.06. The van der Waals surface area contributed by atoms with Crippen molar-refractivity contribution in [3.63, 3.8) is 0 Å². The van der Waals surface area contributed by atoms with Crippen molar-refractivity contribution in [2.24, 2.45) is 0 Å². The Hall–Kier alpha value is -3.29. The first-order valence-corrected chi connectivity index (χ1v) is 8.35. The Bertz CT molecular complexity index is 1010. The minimum Gasteiger partial charge on any atom is -0.358 e. The zero-order valence-corrected chi connectivity index (χ0v) is 13.7. The van der Waals surface area contributed by atoms with Gasteiger partial charge in [-0.1, -0.05) is 0 Å². The maximum Gasteiger partial charge on any atom is 0.294 e. The van der Waals surface area contributed by atoms with Crippen molar-refractivity contribution >= 4 is 27.4 Å². The fourth-order valence-corrected chi connectivity index (χ4v) is 2.30. The van der Waals surface area contributed by atoms with Crippen LogP contribution >= 0.6 is 0 Å². The summed E-state index contributed by atoms with van der Waals surface area (Å²) < 4.78 is 57.3. The lowest BCUT2D eigenvalue weighted by Crippen LogP contribution is -2.14. The van der Waals surface area contributed by atoms with Crippen molar-refractivity contribution in [3.8, 4) is 6.07 Å². The van der Waals surface area contributed by atoms with Crippen molar-refractivity contribution in [2.75, 3.05) is 10.6 Å². The number of rotatable bonds is 5. The van der Waals surface area contributed by atoms with Gasteiger partial charge >= 0.3 is 0 Å². The average Bonchev–Trinajstić information content (AvgIpc) is 2.58. The van der Waals surface area contributed by atoms with E-state index in [9.17, 15) is 22.0 Å². The molecule has 0 aliphatic carbocycles. The van der Waals surface area contributed by atoms with Gasteiger partial charge < -0.3 is 10.6 Å². The zero-order chi connectivity index (χ0) is 19.3. The zero-order valence-electron chi connectivity index (χ0n) is 12.9. The number of halogens is 2. The van der Waals surface area contributed by atoms with Crippen LogP contribution in [0.15, 0.2) is 59.1 Å². The Labute approximate surface area is 147 Å². The van der Waals surface area contributed by atoms with E-state index >= 15 is 0 Å². The average molecular weight is 379 g/mol. The number of anilines is 2. The Kier molecular flexibility index (Phi) is 5.66. The van der Waals surface area contributed by atoms with Gasteiger partial charge in [0, 0.05) is 18.0 Å². The number of hydrogen-bond donors (Lipinski definition) is 3. The molecule has 0 heterocycles. The van der Waals surface area contributed by atoms with Gasteiger partial charge in [0.25, 0.3) is 16.0 Å². The molecule has 2 aromatic carbocycles. The van der Waals surface area contributed by atoms with Gasteiger partial charge in [-0.25, -0.2) is 8.78 Å². The molecule has 0 aromatic heterocycles. The van der Waals surface area contributed by atoms with Crippen molar-refractivity contribution in [1.82, 2.24) is 0 Å². The highest BCUT2D eigenvalue weighted by atomic mass is 32.2. The van der Waals surface area contributed by atoms with Crippen LogP contribution in [-0.4, -0.2) is 18.9 Å². The van der Waals surface area contributed by atoms with E-state index in [1.807, 2.05) is 0 Å². The molecule has 2 aromatic rings. The van der Waals surface area contributed by atoms with E-state index in [0.717, 1.165) is 36.5 Å². The predicted molar refractivity (Wildman–Crippen MR) is 88.6 cm³/mol. The summed E-state index contributed by atoms with van der Waals surface area (Å²) in [6.07, 6.45) is 0.903. The van der Waals surface area contributed by atoms with E-state index in [1.165, 1.54) is 12.1 Å². The predicted octanol–water partition coefficient (Wildman–Crippen LogP) is 2.67. The highest BCUT2D eigenvalue weighted by Gasteiger charge is 2.12. The molecule has 0 saturated carbocycles. The van der Waals surface area contributed by atoms with Crippen LogP contribution in [0.5, 0.6) is 0 Å². The number of carbonyl (C=O) groups is 1. The highest BCUT2D eigenvalue weighted by molar-refractivity contribution is 7.85. The normalized spacial score (nSPS) is 11.5. The second-order valence-electron chi connectivity index (χ2n) is 4.89. The monoisotopic (exact) mass is 379 g/mol. The lowest BCUT2D eigenvalue weighted by molar-refractivity contribution is -0.112. The van der Waals surface area contributed by atoms with Gasteiger partial charge in [-0.2, -0.15) is 13.7 Å². The van der Waals surface area contributed by atoms with E-state index in [1.54, 1.807) is 6.07 Å². The third-order valence-corrected chi connectivity index (χ3v) is 3.94. The SMILES string of the molecule is N#C/C(=C/Nc1cc(F)ccc1F)C(=O)Nc1ccc(S(=O)(=O)O)cc1. The van der Waals surface area contributed by atoms with E-state index in [4.69, 9.17) is 9.81 Å². The molecule has 0 radical (unpaired) electrons. The van der Waals surface area contributed by atoms with Crippen LogP contribution in [0.25, 0.3) is 0 Å². The lowest BCUT2D eigenvalue weighted by atomic mass is 10.2. The van der Waals surface area contributed by atoms with Gasteiger partial charge in [-0.15, -0.1) is 0 Å². The summed E-state index contributed by atoms with van der Waals surface area (Å²) in [5, 5.41) is 13.7. The number of nitrogens with one attached hydrogen (secondary N) is 2. The fraction of sp³-hybridized carbons (Fsp3) is 0. The summed E-state index contributed by atoms with van der Waals surface area (Å²) >= 11 is 0. The van der Waals surface area contributed by atoms with Gasteiger partial charge in [0.2, 0.25) is 0 Å². The van der Waals surface area contributed by atoms with Crippen molar-refractivity contribution in [2.45, 2.75) is 4.90 Å². The maximum atomic E-state index is 13.5. The van der Waals surface area contributed by atoms with Gasteiger partial charge in [-0.05, 0) is 36.4 Å². The second kappa shape index (κ2) is 7.73. The molecule has 10 heteroatoms. The van der Waals surface area contributed by atoms with Crippen molar-refractivity contribution in [1.29, 1.82) is 5.26 Å². The summed E-state index contributed by atoms with van der Waals surface area (Å²) in [6.45, 7) is 0. The van der Waals surface area contributed by atoms with Crippen LogP contribution in [-0.2, 0) is 14.9 Å². The smallest absolute Gasteiger partial charge is 0.294 e. The standard InChI is InChI=1S/C16H11F2N3O4S/c17-11-1-6-14(18)15(7-11)20-9-10(8-19)16(22)21-12-2-4-13(5-3-12)26(23,24)25/h1-7,9,20H,(H,21,22)(H,23,24,25)/b10-9-. The van der Waals surface area contributed by atoms with Crippen LogP contribution in [0.2, 0.25) is 0 Å². The molecule has 0 unspecified atom stereocenters. The third-order valence-electron chi connectivity index (χ3n) is 3.08. The summed E-state index contributed by atoms with van der Waals surface area (Å²) in [7, 11) is -4.37. The minimum absolute atomic E-state index is 0.153. The summed E-state index contributed by atoms with van der Waals surface area (Å²) in [5.41, 5.74) is -0.545. The molecule has 0 atom stereocenters. The second-order valence-corrected chi connectivity index (χ2v) is 6.31. The highest BCUT2D eigenvalue weighted by Crippen LogP contribution is 2.17. The quantitative estimate of drug-likeness (QED) is 0.417. The Morgan fingerprint density at radius 2 is 1.81 bits per heavy atom. The number of amides is 1. The maximum absolute atomic E-state index is 13.5. The number of nitriles is 1. The number of benzene rings is 2. The molecule has 0 bridgehead atoms. The van der Waals surface area contributed by atoms with Crippen LogP contribution in [0, 0.1) is 23.0 Å². The molecule has 1 amide bonds. The van der Waals surface area contributed by atoms with Crippen molar-refractivity contribution in [3.05, 3.63) is 65.9 Å². The number of carbonyl (C=O) groups excluding carboxylic acids is 1. The number of hydrogen-bond acceptors (Lipinski definition) is 5. The van der Waals surface area contributed by atoms with Crippen LogP contribution in [0.3, 0.4) is 0 Å². The fourth-order valence-electron chi connectivity index (χ4n) is 1.82. The molecule has 0 aliphatic heterocycles. The van der Waals surface area contributed by atoms with E-state index in [2.05, 4.69) is 10.6 Å². The first-order valence-electron chi connectivity index (χ1n) is 6.91. The molecule has 7 nitrogen and oxygen atoms in total. The Balaban J connectivity index is 2.13. The number of nitrogens with zero attached hydrogens (tertiary/aromatic N) is 1. The Morgan fingerprint density at radius 1 is 1.15 bits per heavy atom. The van der Waals surface area contributed by atoms with Gasteiger partial charge in [0.1, 0.15) is 23.3 Å². The topological polar surface area (TPSA) is 119 Å². The molecule has 0 spiro atoms. The molecule has 0 saturated heterocycles.